The molecule has 1 aliphatic rings. The molecular weight excluding hydrogens is 262 g/mol. The Kier molecular flexibility index (Phi) is 3.57. The average molecular weight is 279 g/mol. The minimum Gasteiger partial charge on any atom is -0.342 e. The first-order chi connectivity index (χ1) is 10.1. The minimum absolute atomic E-state index is 0.0114. The van der Waals surface area contributed by atoms with Gasteiger partial charge < -0.3 is 5.32 Å². The van der Waals surface area contributed by atoms with Gasteiger partial charge in [0.1, 0.15) is 0 Å². The molecule has 0 aromatic heterocycles. The van der Waals surface area contributed by atoms with Crippen molar-refractivity contribution in [2.75, 3.05) is 0 Å². The summed E-state index contributed by atoms with van der Waals surface area (Å²) in [6.45, 7) is 1.98. The molecular formula is C18H17NO2. The highest BCUT2D eigenvalue weighted by Gasteiger charge is 2.28. The van der Waals surface area contributed by atoms with Gasteiger partial charge in [-0.1, -0.05) is 42.0 Å². The molecule has 3 nitrogen and oxygen atoms in total. The van der Waals surface area contributed by atoms with E-state index in [1.807, 2.05) is 43.3 Å². The summed E-state index contributed by atoms with van der Waals surface area (Å²) in [5.74, 6) is -0.176. The summed E-state index contributed by atoms with van der Waals surface area (Å²) in [4.78, 5) is 24.6. The van der Waals surface area contributed by atoms with Crippen molar-refractivity contribution in [3.63, 3.8) is 0 Å². The normalized spacial score (nSPS) is 17.2. The number of carbonyl (C=O) groups excluding carboxylic acids is 2. The van der Waals surface area contributed by atoms with Gasteiger partial charge in [-0.3, -0.25) is 9.59 Å². The van der Waals surface area contributed by atoms with Crippen molar-refractivity contribution in [3.05, 3.63) is 70.8 Å². The maximum absolute atomic E-state index is 12.4. The Hall–Kier alpha value is -2.42. The van der Waals surface area contributed by atoms with Crippen LogP contribution in [0.15, 0.2) is 48.5 Å². The first-order valence-corrected chi connectivity index (χ1v) is 7.15. The van der Waals surface area contributed by atoms with Crippen molar-refractivity contribution in [2.24, 2.45) is 0 Å². The van der Waals surface area contributed by atoms with E-state index in [-0.39, 0.29) is 11.7 Å². The van der Waals surface area contributed by atoms with Crippen LogP contribution in [0.5, 0.6) is 0 Å². The Labute approximate surface area is 124 Å². The number of hydrogen-bond donors (Lipinski definition) is 1. The summed E-state index contributed by atoms with van der Waals surface area (Å²) < 4.78 is 0. The molecule has 0 saturated heterocycles. The molecule has 2 aromatic rings. The number of fused-ring (bicyclic) bond motifs is 1. The number of ketones is 1. The number of rotatable bonds is 2. The van der Waals surface area contributed by atoms with Gasteiger partial charge in [-0.15, -0.1) is 0 Å². The number of nitrogens with one attached hydrogen (secondary N) is 1. The van der Waals surface area contributed by atoms with Crippen LogP contribution in [0.3, 0.4) is 0 Å². The van der Waals surface area contributed by atoms with Gasteiger partial charge in [0.2, 0.25) is 0 Å². The van der Waals surface area contributed by atoms with Crippen LogP contribution >= 0.6 is 0 Å². The van der Waals surface area contributed by atoms with E-state index >= 15 is 0 Å². The molecule has 0 aliphatic heterocycles. The fraction of sp³-hybridized carbons (Fsp3) is 0.222. The third-order valence-electron chi connectivity index (χ3n) is 3.92. The second-order valence-corrected chi connectivity index (χ2v) is 5.45. The van der Waals surface area contributed by atoms with Crippen molar-refractivity contribution in [2.45, 2.75) is 25.8 Å². The SMILES string of the molecule is Cc1ccc(C(=O)N[C@@H]2CCc3ccccc3C2=O)cc1. The highest BCUT2D eigenvalue weighted by Crippen LogP contribution is 2.21. The average Bonchev–Trinajstić information content (AvgIpc) is 2.51. The van der Waals surface area contributed by atoms with E-state index in [4.69, 9.17) is 0 Å². The Morgan fingerprint density at radius 2 is 1.81 bits per heavy atom. The molecule has 0 saturated carbocycles. The molecule has 0 bridgehead atoms. The molecule has 2 aromatic carbocycles. The largest absolute Gasteiger partial charge is 0.342 e. The van der Waals surface area contributed by atoms with E-state index in [2.05, 4.69) is 5.32 Å². The minimum atomic E-state index is -0.422. The van der Waals surface area contributed by atoms with Gasteiger partial charge in [0.15, 0.2) is 5.78 Å². The smallest absolute Gasteiger partial charge is 0.251 e. The lowest BCUT2D eigenvalue weighted by Crippen LogP contribution is -2.43. The molecule has 1 amide bonds. The van der Waals surface area contributed by atoms with E-state index in [9.17, 15) is 9.59 Å². The molecule has 0 radical (unpaired) electrons. The van der Waals surface area contributed by atoms with Crippen molar-refractivity contribution in [1.82, 2.24) is 5.32 Å². The zero-order valence-electron chi connectivity index (χ0n) is 11.9. The maximum Gasteiger partial charge on any atom is 0.251 e. The number of hydrogen-bond acceptors (Lipinski definition) is 2. The molecule has 1 N–H and O–H groups in total. The zero-order valence-corrected chi connectivity index (χ0v) is 11.9. The van der Waals surface area contributed by atoms with Gasteiger partial charge in [0.25, 0.3) is 5.91 Å². The maximum atomic E-state index is 12.4. The third-order valence-corrected chi connectivity index (χ3v) is 3.92. The van der Waals surface area contributed by atoms with Gasteiger partial charge >= 0.3 is 0 Å². The lowest BCUT2D eigenvalue weighted by molar-refractivity contribution is 0.0845. The predicted molar refractivity (Wildman–Crippen MR) is 81.5 cm³/mol. The molecule has 0 fully saturated rings. The molecule has 0 unspecified atom stereocenters. The van der Waals surface area contributed by atoms with E-state index in [1.54, 1.807) is 12.1 Å². The van der Waals surface area contributed by atoms with Crippen LogP contribution in [0.4, 0.5) is 0 Å². The molecule has 3 heteroatoms. The molecule has 0 heterocycles. The molecule has 3 rings (SSSR count). The van der Waals surface area contributed by atoms with Gasteiger partial charge in [0, 0.05) is 11.1 Å². The van der Waals surface area contributed by atoms with Crippen molar-refractivity contribution in [3.8, 4) is 0 Å². The Bertz CT molecular complexity index is 689. The highest BCUT2D eigenvalue weighted by molar-refractivity contribution is 6.05. The van der Waals surface area contributed by atoms with Crippen LogP contribution in [0.25, 0.3) is 0 Å². The van der Waals surface area contributed by atoms with Crippen LogP contribution in [-0.4, -0.2) is 17.7 Å². The lowest BCUT2D eigenvalue weighted by atomic mass is 9.87. The molecule has 0 spiro atoms. The van der Waals surface area contributed by atoms with E-state index < -0.39 is 6.04 Å². The highest BCUT2D eigenvalue weighted by atomic mass is 16.2. The number of carbonyl (C=O) groups is 2. The van der Waals surface area contributed by atoms with Crippen LogP contribution in [0, 0.1) is 6.92 Å². The monoisotopic (exact) mass is 279 g/mol. The first kappa shape index (κ1) is 13.6. The summed E-state index contributed by atoms with van der Waals surface area (Å²) in [6, 6.07) is 14.6. The second-order valence-electron chi connectivity index (χ2n) is 5.45. The Morgan fingerprint density at radius 3 is 2.57 bits per heavy atom. The Morgan fingerprint density at radius 1 is 1.10 bits per heavy atom. The molecule has 1 atom stereocenters. The van der Waals surface area contributed by atoms with Gasteiger partial charge in [-0.05, 0) is 37.5 Å². The quantitative estimate of drug-likeness (QED) is 0.918. The standard InChI is InChI=1S/C18H17NO2/c1-12-6-8-14(9-7-12)18(21)19-16-11-10-13-4-2-3-5-15(13)17(16)20/h2-9,16H,10-11H2,1H3,(H,19,21)/t16-/m1/s1. The Balaban J connectivity index is 1.76. The van der Waals surface area contributed by atoms with E-state index in [0.717, 1.165) is 23.1 Å². The summed E-state index contributed by atoms with van der Waals surface area (Å²) >= 11 is 0. The fourth-order valence-electron chi connectivity index (χ4n) is 2.68. The molecule has 1 aliphatic carbocycles. The molecule has 106 valence electrons. The number of aryl methyl sites for hydroxylation is 2. The number of benzene rings is 2. The van der Waals surface area contributed by atoms with Crippen molar-refractivity contribution >= 4 is 11.7 Å². The summed E-state index contributed by atoms with van der Waals surface area (Å²) in [5, 5.41) is 2.86. The van der Waals surface area contributed by atoms with Gasteiger partial charge in [-0.25, -0.2) is 0 Å². The lowest BCUT2D eigenvalue weighted by Gasteiger charge is -2.24. The zero-order chi connectivity index (χ0) is 14.8. The number of Topliss-reactive ketones (excluding diaryl/α,β-unsaturated/α-hetero) is 1. The van der Waals surface area contributed by atoms with E-state index in [0.29, 0.717) is 12.0 Å². The van der Waals surface area contributed by atoms with Crippen LogP contribution in [0.1, 0.15) is 38.3 Å². The van der Waals surface area contributed by atoms with Gasteiger partial charge in [-0.2, -0.15) is 0 Å². The second kappa shape index (κ2) is 5.52. The summed E-state index contributed by atoms with van der Waals surface area (Å²) in [7, 11) is 0. The van der Waals surface area contributed by atoms with Crippen LogP contribution in [0.2, 0.25) is 0 Å². The van der Waals surface area contributed by atoms with Crippen LogP contribution < -0.4 is 5.32 Å². The van der Waals surface area contributed by atoms with Crippen LogP contribution in [-0.2, 0) is 6.42 Å². The predicted octanol–water partition coefficient (Wildman–Crippen LogP) is 2.92. The molecule has 21 heavy (non-hydrogen) atoms. The third kappa shape index (κ3) is 2.72. The fourth-order valence-corrected chi connectivity index (χ4v) is 2.68. The summed E-state index contributed by atoms with van der Waals surface area (Å²) in [5.41, 5.74) is 3.50. The topological polar surface area (TPSA) is 46.2 Å². The summed E-state index contributed by atoms with van der Waals surface area (Å²) in [6.07, 6.45) is 1.48. The van der Waals surface area contributed by atoms with E-state index in [1.165, 1.54) is 0 Å². The van der Waals surface area contributed by atoms with Crippen molar-refractivity contribution in [1.29, 1.82) is 0 Å². The first-order valence-electron chi connectivity index (χ1n) is 7.15. The number of amides is 1. The van der Waals surface area contributed by atoms with Crippen molar-refractivity contribution < 1.29 is 9.59 Å². The van der Waals surface area contributed by atoms with Gasteiger partial charge in [0.05, 0.1) is 6.04 Å².